The number of β-amino-alcohol motifs (C(OH)–C–C–N with tert-alkyl or cyclic N) is 2. The highest BCUT2D eigenvalue weighted by molar-refractivity contribution is 6.26. The monoisotopic (exact) mass is 715 g/mol. The molecule has 2 aliphatic heterocycles. The van der Waals surface area contributed by atoms with Crippen LogP contribution in [0.5, 0.6) is 0 Å². The first-order valence-electron chi connectivity index (χ1n) is 20.6. The van der Waals surface area contributed by atoms with E-state index in [4.69, 9.17) is 26.9 Å². The van der Waals surface area contributed by atoms with Gasteiger partial charge in [-0.05, 0) is 12.8 Å². The van der Waals surface area contributed by atoms with E-state index in [-0.39, 0.29) is 19.1 Å². The van der Waals surface area contributed by atoms with Gasteiger partial charge in [0.25, 0.3) is 0 Å². The Kier molecular flexibility index (Phi) is 36.8. The van der Waals surface area contributed by atoms with Gasteiger partial charge in [-0.1, -0.05) is 155 Å². The molecule has 0 saturated carbocycles. The number of carbonyl (C=O) groups is 1. The Morgan fingerprint density at radius 3 is 1.06 bits per heavy atom. The molecular weight excluding hydrogens is 636 g/mol. The number of amidine groups is 2. The van der Waals surface area contributed by atoms with E-state index in [2.05, 4.69) is 33.6 Å². The molecule has 2 rings (SSSR count). The number of unbranched alkanes of at least 4 members (excludes halogenated alkanes) is 22. The Labute approximate surface area is 307 Å². The molecule has 0 radical (unpaired) electrons. The summed E-state index contributed by atoms with van der Waals surface area (Å²) in [7, 11) is 0. The van der Waals surface area contributed by atoms with Gasteiger partial charge < -0.3 is 25.1 Å². The number of hydrogen-bond donors (Lipinski definition) is 3. The van der Waals surface area contributed by atoms with Gasteiger partial charge in [-0.15, -0.1) is 11.6 Å². The molecule has 290 valence electrons. The second-order valence-electron chi connectivity index (χ2n) is 13.8. The first kappa shape index (κ1) is 47.6. The number of aliphatic hydroxyl groups excluding tert-OH is 2. The fraction of sp³-hybridized carbons (Fsp3) is 0.925. The number of aliphatic hydroxyl groups is 2. The van der Waals surface area contributed by atoms with Crippen molar-refractivity contribution >= 4 is 29.2 Å². The van der Waals surface area contributed by atoms with Crippen LogP contribution < -0.4 is 0 Å². The molecule has 0 saturated heterocycles. The Balaban J connectivity index is 0.000000826. The maximum atomic E-state index is 9.24. The van der Waals surface area contributed by atoms with Gasteiger partial charge in [0, 0.05) is 39.0 Å². The van der Waals surface area contributed by atoms with Gasteiger partial charge in [0.2, 0.25) is 0 Å². The second kappa shape index (κ2) is 37.9. The molecule has 8 nitrogen and oxygen atoms in total. The van der Waals surface area contributed by atoms with E-state index < -0.39 is 5.97 Å². The molecule has 0 aromatic carbocycles. The number of halogens is 1. The summed E-state index contributed by atoms with van der Waals surface area (Å²) in [6, 6.07) is 0. The van der Waals surface area contributed by atoms with Crippen molar-refractivity contribution in [3.63, 3.8) is 0 Å². The molecular formula is C40H79ClN4O4. The lowest BCUT2D eigenvalue weighted by atomic mass is 10.0. The number of hydrogen-bond acceptors (Lipinski definition) is 7. The van der Waals surface area contributed by atoms with Crippen molar-refractivity contribution in [1.29, 1.82) is 0 Å². The minimum atomic E-state index is -0.980. The normalized spacial score (nSPS) is 13.9. The molecule has 0 atom stereocenters. The van der Waals surface area contributed by atoms with E-state index in [1.54, 1.807) is 0 Å². The Hall–Kier alpha value is -1.38. The molecule has 0 aromatic heterocycles. The average molecular weight is 716 g/mol. The number of nitrogens with zero attached hydrogens (tertiary/aromatic N) is 4. The average Bonchev–Trinajstić information content (AvgIpc) is 3.75. The Bertz CT molecular complexity index is 727. The van der Waals surface area contributed by atoms with Crippen LogP contribution in [0.4, 0.5) is 0 Å². The fourth-order valence-electron chi connectivity index (χ4n) is 6.50. The molecule has 0 amide bonds. The standard InChI is InChI=1S/2C19H38N2O.C2H3ClO2/c2*1-2-3-4-5-6-7-8-9-10-11-12-13-14-19-20-15-16-21(19)17-18-22;3-1-2(4)5/h2*22H,2-18H2,1H3;1H2,(H,4,5). The Morgan fingerprint density at radius 2 is 0.816 bits per heavy atom. The third-order valence-electron chi connectivity index (χ3n) is 9.42. The highest BCUT2D eigenvalue weighted by atomic mass is 35.5. The van der Waals surface area contributed by atoms with Crippen molar-refractivity contribution in [1.82, 2.24) is 9.80 Å². The molecule has 49 heavy (non-hydrogen) atoms. The van der Waals surface area contributed by atoms with Crippen molar-refractivity contribution < 1.29 is 20.1 Å². The highest BCUT2D eigenvalue weighted by Gasteiger charge is 2.16. The molecule has 0 aromatic rings. The minimum absolute atomic E-state index is 0.247. The number of alkyl halides is 1. The zero-order valence-electron chi connectivity index (χ0n) is 32.2. The third-order valence-corrected chi connectivity index (χ3v) is 9.65. The molecule has 3 N–H and O–H groups in total. The van der Waals surface area contributed by atoms with Crippen LogP contribution in [0, 0.1) is 0 Å². The highest BCUT2D eigenvalue weighted by Crippen LogP contribution is 2.16. The summed E-state index contributed by atoms with van der Waals surface area (Å²) in [5.74, 6) is 1.19. The maximum absolute atomic E-state index is 9.24. The van der Waals surface area contributed by atoms with Gasteiger partial charge in [-0.3, -0.25) is 14.8 Å². The molecule has 9 heteroatoms. The van der Waals surface area contributed by atoms with Crippen LogP contribution in [0.25, 0.3) is 0 Å². The van der Waals surface area contributed by atoms with Gasteiger partial charge in [0.05, 0.1) is 38.0 Å². The zero-order valence-corrected chi connectivity index (χ0v) is 32.9. The van der Waals surface area contributed by atoms with Crippen molar-refractivity contribution in [2.45, 2.75) is 181 Å². The van der Waals surface area contributed by atoms with Crippen molar-refractivity contribution in [2.75, 3.05) is 58.4 Å². The van der Waals surface area contributed by atoms with E-state index in [0.29, 0.717) is 0 Å². The van der Waals surface area contributed by atoms with Crippen LogP contribution in [-0.2, 0) is 4.79 Å². The van der Waals surface area contributed by atoms with E-state index >= 15 is 0 Å². The number of rotatable bonds is 31. The largest absolute Gasteiger partial charge is 0.480 e. The molecule has 0 fully saturated rings. The number of carboxylic acid groups (broad SMARTS) is 1. The number of aliphatic carboxylic acids is 1. The van der Waals surface area contributed by atoms with E-state index in [1.165, 1.54) is 166 Å². The van der Waals surface area contributed by atoms with Crippen LogP contribution in [0.15, 0.2) is 9.98 Å². The van der Waals surface area contributed by atoms with E-state index in [1.807, 2.05) is 0 Å². The lowest BCUT2D eigenvalue weighted by molar-refractivity contribution is -0.134. The minimum Gasteiger partial charge on any atom is -0.480 e. The molecule has 0 spiro atoms. The van der Waals surface area contributed by atoms with E-state index in [9.17, 15) is 4.79 Å². The quantitative estimate of drug-likeness (QED) is 0.0487. The first-order chi connectivity index (χ1) is 24.0. The summed E-state index contributed by atoms with van der Waals surface area (Å²) in [4.78, 5) is 22.8. The van der Waals surface area contributed by atoms with Crippen LogP contribution >= 0.6 is 11.6 Å². The van der Waals surface area contributed by atoms with Crippen LogP contribution in [0.3, 0.4) is 0 Å². The van der Waals surface area contributed by atoms with Gasteiger partial charge in [0.1, 0.15) is 5.88 Å². The number of carboxylic acids is 1. The predicted molar refractivity (Wildman–Crippen MR) is 212 cm³/mol. The molecule has 0 aliphatic carbocycles. The van der Waals surface area contributed by atoms with Gasteiger partial charge >= 0.3 is 5.97 Å². The molecule has 2 heterocycles. The molecule has 0 unspecified atom stereocenters. The summed E-state index contributed by atoms with van der Waals surface area (Å²) in [5, 5.41) is 25.6. The maximum Gasteiger partial charge on any atom is 0.318 e. The van der Waals surface area contributed by atoms with Gasteiger partial charge in [-0.25, -0.2) is 0 Å². The van der Waals surface area contributed by atoms with Crippen molar-refractivity contribution in [3.05, 3.63) is 0 Å². The summed E-state index contributed by atoms with van der Waals surface area (Å²) >= 11 is 4.74. The topological polar surface area (TPSA) is 109 Å². The van der Waals surface area contributed by atoms with Gasteiger partial charge in [-0.2, -0.15) is 0 Å². The molecule has 0 bridgehead atoms. The summed E-state index contributed by atoms with van der Waals surface area (Å²) in [6.45, 7) is 10.4. The summed E-state index contributed by atoms with van der Waals surface area (Å²) in [5.41, 5.74) is 0. The lowest BCUT2D eigenvalue weighted by Gasteiger charge is -2.18. The summed E-state index contributed by atoms with van der Waals surface area (Å²) < 4.78 is 0. The lowest BCUT2D eigenvalue weighted by Crippen LogP contribution is -2.30. The predicted octanol–water partition coefficient (Wildman–Crippen LogP) is 9.88. The zero-order chi connectivity index (χ0) is 36.0. The molecule has 2 aliphatic rings. The van der Waals surface area contributed by atoms with Crippen LogP contribution in [-0.4, -0.2) is 101 Å². The third kappa shape index (κ3) is 31.1. The SMILES string of the molecule is CCCCCCCCCCCCCCC1=NCCN1CCO.CCCCCCCCCCCCCCC1=NCCN1CCO.O=C(O)CCl. The van der Waals surface area contributed by atoms with Crippen molar-refractivity contribution in [2.24, 2.45) is 9.98 Å². The van der Waals surface area contributed by atoms with E-state index in [0.717, 1.165) is 52.1 Å². The van der Waals surface area contributed by atoms with Gasteiger partial charge in [0.15, 0.2) is 0 Å². The van der Waals surface area contributed by atoms with Crippen LogP contribution in [0.1, 0.15) is 181 Å². The fourth-order valence-corrected chi connectivity index (χ4v) is 6.50. The number of aliphatic imine (C=N–C) groups is 2. The Morgan fingerprint density at radius 1 is 0.551 bits per heavy atom. The first-order valence-corrected chi connectivity index (χ1v) is 21.1. The van der Waals surface area contributed by atoms with Crippen molar-refractivity contribution in [3.8, 4) is 0 Å². The summed E-state index contributed by atoms with van der Waals surface area (Å²) in [6.07, 6.45) is 35.8. The second-order valence-corrected chi connectivity index (χ2v) is 14.1. The smallest absolute Gasteiger partial charge is 0.318 e. The van der Waals surface area contributed by atoms with Crippen LogP contribution in [0.2, 0.25) is 0 Å².